The van der Waals surface area contributed by atoms with E-state index in [0.29, 0.717) is 0 Å². The number of carbonyl (C=O) groups is 2. The maximum atomic E-state index is 11.4. The summed E-state index contributed by atoms with van der Waals surface area (Å²) in [6.07, 6.45) is -0.570. The van der Waals surface area contributed by atoms with Crippen LogP contribution in [-0.4, -0.2) is 36.2 Å². The fourth-order valence-corrected chi connectivity index (χ4v) is 1.37. The molecule has 0 saturated heterocycles. The number of nitrogens with one attached hydrogen (secondary N) is 1. The zero-order chi connectivity index (χ0) is 14.8. The molecule has 0 aromatic heterocycles. The minimum absolute atomic E-state index is 0.0452. The molecule has 1 rings (SSSR count). The molecule has 0 bridgehead atoms. The van der Waals surface area contributed by atoms with E-state index in [1.807, 2.05) is 30.3 Å². The first-order chi connectivity index (χ1) is 9.67. The molecule has 1 aromatic carbocycles. The maximum absolute atomic E-state index is 11.4. The Balaban J connectivity index is 2.27. The van der Waals surface area contributed by atoms with Crippen molar-refractivity contribution in [3.8, 4) is 0 Å². The van der Waals surface area contributed by atoms with E-state index in [0.717, 1.165) is 5.56 Å². The van der Waals surface area contributed by atoms with Crippen molar-refractivity contribution in [3.63, 3.8) is 0 Å². The highest BCUT2D eigenvalue weighted by Gasteiger charge is 2.20. The monoisotopic (exact) mass is 277 g/mol. The largest absolute Gasteiger partial charge is 0.460 e. The molecule has 20 heavy (non-hydrogen) atoms. The van der Waals surface area contributed by atoms with Gasteiger partial charge in [0, 0.05) is 6.54 Å². The maximum Gasteiger partial charge on any atom is 0.416 e. The molecule has 0 saturated carbocycles. The number of amides is 1. The van der Waals surface area contributed by atoms with Gasteiger partial charge in [0.15, 0.2) is 0 Å². The summed E-state index contributed by atoms with van der Waals surface area (Å²) in [6.45, 7) is 0.257. The van der Waals surface area contributed by atoms with Crippen molar-refractivity contribution in [1.82, 2.24) is 5.32 Å². The summed E-state index contributed by atoms with van der Waals surface area (Å²) in [5.41, 5.74) is 9.29. The normalized spacial score (nSPS) is 9.25. The summed E-state index contributed by atoms with van der Waals surface area (Å²) in [4.78, 5) is 25.2. The molecule has 0 unspecified atom stereocenters. The van der Waals surface area contributed by atoms with Gasteiger partial charge in [-0.3, -0.25) is 0 Å². The van der Waals surface area contributed by atoms with Gasteiger partial charge in [0.25, 0.3) is 0 Å². The van der Waals surface area contributed by atoms with E-state index in [1.165, 1.54) is 7.11 Å². The van der Waals surface area contributed by atoms with Gasteiger partial charge in [-0.05, 0) is 5.56 Å². The van der Waals surface area contributed by atoms with E-state index in [1.54, 1.807) is 0 Å². The van der Waals surface area contributed by atoms with Crippen molar-refractivity contribution in [3.05, 3.63) is 41.4 Å². The van der Waals surface area contributed by atoms with E-state index < -0.39 is 12.1 Å². The summed E-state index contributed by atoms with van der Waals surface area (Å²) in [6, 6.07) is 9.22. The van der Waals surface area contributed by atoms with E-state index in [4.69, 9.17) is 10.3 Å². The minimum atomic E-state index is -0.744. The number of alkyl carbamates (subject to hydrolysis) is 1. The lowest BCUT2D eigenvalue weighted by Gasteiger charge is -2.05. The lowest BCUT2D eigenvalue weighted by molar-refractivity contribution is -0.137. The highest BCUT2D eigenvalue weighted by Crippen LogP contribution is 2.00. The molecule has 1 amide bonds. The molecular formula is C13H15N3O4. The van der Waals surface area contributed by atoms with Crippen LogP contribution in [0.3, 0.4) is 0 Å². The second-order valence-electron chi connectivity index (χ2n) is 3.78. The second-order valence-corrected chi connectivity index (χ2v) is 3.78. The molecule has 0 aliphatic heterocycles. The molecule has 7 heteroatoms. The standard InChI is InChI=1S/C13H15N3O4/c1-19-12(17)11(16-14)7-8-15-13(18)20-9-10-5-3-2-4-6-10/h2-6H,7-9H2,1H3,(H,15,18). The average Bonchev–Trinajstić information content (AvgIpc) is 2.50. The van der Waals surface area contributed by atoms with Gasteiger partial charge in [-0.25, -0.2) is 9.59 Å². The molecule has 0 spiro atoms. The Labute approximate surface area is 116 Å². The Hall–Kier alpha value is -2.66. The number of methoxy groups -OCH3 is 1. The van der Waals surface area contributed by atoms with E-state index in [2.05, 4.69) is 14.8 Å². The van der Waals surface area contributed by atoms with Crippen LogP contribution in [0, 0.1) is 0 Å². The van der Waals surface area contributed by atoms with Gasteiger partial charge >= 0.3 is 17.8 Å². The van der Waals surface area contributed by atoms with Crippen LogP contribution in [0.2, 0.25) is 0 Å². The number of esters is 1. The van der Waals surface area contributed by atoms with Crippen LogP contribution in [0.5, 0.6) is 0 Å². The van der Waals surface area contributed by atoms with Gasteiger partial charge in [0.05, 0.1) is 13.5 Å². The SMILES string of the molecule is COC(=O)C(CCNC(=O)OCc1ccccc1)=[N+]=[N-]. The topological polar surface area (TPSA) is 101 Å². The Bertz CT molecular complexity index is 510. The third-order valence-corrected chi connectivity index (χ3v) is 2.39. The Morgan fingerprint density at radius 1 is 1.30 bits per heavy atom. The van der Waals surface area contributed by atoms with Crippen molar-refractivity contribution in [2.45, 2.75) is 13.0 Å². The van der Waals surface area contributed by atoms with Crippen LogP contribution in [0.4, 0.5) is 4.79 Å². The van der Waals surface area contributed by atoms with E-state index >= 15 is 0 Å². The fourth-order valence-electron chi connectivity index (χ4n) is 1.37. The minimum Gasteiger partial charge on any atom is -0.460 e. The predicted molar refractivity (Wildman–Crippen MR) is 69.9 cm³/mol. The van der Waals surface area contributed by atoms with Crippen LogP contribution in [0.1, 0.15) is 12.0 Å². The van der Waals surface area contributed by atoms with Crippen LogP contribution in [0.15, 0.2) is 30.3 Å². The molecule has 7 nitrogen and oxygen atoms in total. The summed E-state index contributed by atoms with van der Waals surface area (Å²) >= 11 is 0. The summed E-state index contributed by atoms with van der Waals surface area (Å²) in [5.74, 6) is -0.744. The van der Waals surface area contributed by atoms with Gasteiger partial charge in [-0.2, -0.15) is 4.79 Å². The molecule has 0 heterocycles. The van der Waals surface area contributed by atoms with Crippen LogP contribution >= 0.6 is 0 Å². The lowest BCUT2D eigenvalue weighted by atomic mass is 10.2. The summed E-state index contributed by atoms with van der Waals surface area (Å²) in [7, 11) is 1.18. The first-order valence-electron chi connectivity index (χ1n) is 5.91. The predicted octanol–water partition coefficient (Wildman–Crippen LogP) is 1.15. The second kappa shape index (κ2) is 8.44. The lowest BCUT2D eigenvalue weighted by Crippen LogP contribution is -2.29. The number of hydrogen-bond acceptors (Lipinski definition) is 4. The summed E-state index contributed by atoms with van der Waals surface area (Å²) < 4.78 is 9.35. The van der Waals surface area contributed by atoms with E-state index in [9.17, 15) is 9.59 Å². The van der Waals surface area contributed by atoms with Crippen molar-refractivity contribution in [1.29, 1.82) is 0 Å². The van der Waals surface area contributed by atoms with Crippen LogP contribution in [0.25, 0.3) is 5.53 Å². The number of nitrogens with zero attached hydrogens (tertiary/aromatic N) is 2. The smallest absolute Gasteiger partial charge is 0.416 e. The fraction of sp³-hybridized carbons (Fsp3) is 0.308. The molecule has 0 atom stereocenters. The Morgan fingerprint density at radius 2 is 2.00 bits per heavy atom. The van der Waals surface area contributed by atoms with Gasteiger partial charge < -0.3 is 20.3 Å². The third kappa shape index (κ3) is 5.32. The highest BCUT2D eigenvalue weighted by molar-refractivity contribution is 6.33. The number of ether oxygens (including phenoxy) is 2. The van der Waals surface area contributed by atoms with Crippen LogP contribution < -0.4 is 5.32 Å². The first kappa shape index (κ1) is 15.4. The van der Waals surface area contributed by atoms with Crippen molar-refractivity contribution in [2.75, 3.05) is 13.7 Å². The van der Waals surface area contributed by atoms with Crippen molar-refractivity contribution < 1.29 is 23.9 Å². The van der Waals surface area contributed by atoms with Crippen molar-refractivity contribution >= 4 is 17.8 Å². The third-order valence-electron chi connectivity index (χ3n) is 2.39. The molecule has 1 N–H and O–H groups in total. The number of benzene rings is 1. The highest BCUT2D eigenvalue weighted by atomic mass is 16.5. The molecule has 0 radical (unpaired) electrons. The molecular weight excluding hydrogens is 262 g/mol. The van der Waals surface area contributed by atoms with E-state index in [-0.39, 0.29) is 25.3 Å². The molecule has 1 aromatic rings. The average molecular weight is 277 g/mol. The zero-order valence-electron chi connectivity index (χ0n) is 11.0. The molecule has 0 fully saturated rings. The molecule has 0 aliphatic rings. The number of rotatable bonds is 6. The van der Waals surface area contributed by atoms with Gasteiger partial charge in [0.1, 0.15) is 6.61 Å². The number of carbonyl (C=O) groups excluding carboxylic acids is 2. The zero-order valence-corrected chi connectivity index (χ0v) is 11.0. The quantitative estimate of drug-likeness (QED) is 0.364. The first-order valence-corrected chi connectivity index (χ1v) is 5.91. The Kier molecular flexibility index (Phi) is 6.50. The van der Waals surface area contributed by atoms with Gasteiger partial charge in [0.2, 0.25) is 0 Å². The Morgan fingerprint density at radius 3 is 2.60 bits per heavy atom. The summed E-state index contributed by atoms with van der Waals surface area (Å²) in [5, 5.41) is 2.44. The van der Waals surface area contributed by atoms with Crippen molar-refractivity contribution in [2.24, 2.45) is 0 Å². The molecule has 106 valence electrons. The van der Waals surface area contributed by atoms with Gasteiger partial charge in [-0.1, -0.05) is 30.3 Å². The van der Waals surface area contributed by atoms with Crippen LogP contribution in [-0.2, 0) is 20.9 Å². The van der Waals surface area contributed by atoms with Gasteiger partial charge in [-0.15, -0.1) is 0 Å². The number of hydrogen-bond donors (Lipinski definition) is 1. The molecule has 0 aliphatic carbocycles.